The number of nitrogens with zero attached hydrogens (tertiary/aromatic N) is 1. The number of esters is 1. The van der Waals surface area contributed by atoms with Crippen LogP contribution >= 0.6 is 22.6 Å². The highest BCUT2D eigenvalue weighted by atomic mass is 127. The molecule has 0 aliphatic heterocycles. The quantitative estimate of drug-likeness (QED) is 0.381. The fourth-order valence-electron chi connectivity index (χ4n) is 1.68. The molecule has 2 rings (SSSR count). The van der Waals surface area contributed by atoms with E-state index < -0.39 is 0 Å². The molecule has 4 nitrogen and oxygen atoms in total. The number of carbonyl (C=O) groups excluding carboxylic acids is 1. The summed E-state index contributed by atoms with van der Waals surface area (Å²) in [6, 6.07) is 6.09. The summed E-state index contributed by atoms with van der Waals surface area (Å²) < 4.78 is 6.21. The molecule has 0 radical (unpaired) electrons. The number of aromatic amines is 1. The minimum absolute atomic E-state index is 0.334. The molecule has 0 aliphatic rings. The van der Waals surface area contributed by atoms with Crippen LogP contribution in [0, 0.1) is 3.57 Å². The summed E-state index contributed by atoms with van der Waals surface area (Å²) in [5, 5.41) is 0. The largest absolute Gasteiger partial charge is 0.462 e. The van der Waals surface area contributed by atoms with Gasteiger partial charge in [0.25, 0.3) is 0 Å². The molecule has 0 aliphatic carbocycles. The van der Waals surface area contributed by atoms with E-state index in [2.05, 4.69) is 45.2 Å². The summed E-state index contributed by atoms with van der Waals surface area (Å²) in [6.45, 7) is 5.57. The van der Waals surface area contributed by atoms with Gasteiger partial charge in [0, 0.05) is 15.6 Å². The highest BCUT2D eigenvalue weighted by Crippen LogP contribution is 2.15. The number of nitrogens with one attached hydrogen (secondary N) is 1. The molecule has 0 saturated carbocycles. The number of hydrogen-bond donors (Lipinski definition) is 1. The number of fused-ring (bicyclic) bond motifs is 1. The van der Waals surface area contributed by atoms with Crippen LogP contribution < -0.4 is 0 Å². The fraction of sp³-hybridized carbons (Fsp3) is 0.286. The maximum absolute atomic E-state index is 11.2. The maximum Gasteiger partial charge on any atom is 0.333 e. The van der Waals surface area contributed by atoms with Gasteiger partial charge in [-0.15, -0.1) is 0 Å². The molecule has 0 atom stereocenters. The zero-order chi connectivity index (χ0) is 13.8. The predicted octanol–water partition coefficient (Wildman–Crippen LogP) is 3.22. The second-order valence-electron chi connectivity index (χ2n) is 4.36. The molecule has 1 N–H and O–H groups in total. The smallest absolute Gasteiger partial charge is 0.333 e. The number of rotatable bonds is 5. The Bertz CT molecular complexity index is 619. The van der Waals surface area contributed by atoms with E-state index in [9.17, 15) is 4.79 Å². The normalized spacial score (nSPS) is 10.6. The third-order valence-corrected chi connectivity index (χ3v) is 3.30. The fourth-order valence-corrected chi connectivity index (χ4v) is 2.17. The molecule has 5 heteroatoms. The third kappa shape index (κ3) is 3.79. The summed E-state index contributed by atoms with van der Waals surface area (Å²) in [4.78, 5) is 18.9. The van der Waals surface area contributed by atoms with E-state index in [0.717, 1.165) is 29.7 Å². The van der Waals surface area contributed by atoms with Crippen molar-refractivity contribution in [1.82, 2.24) is 9.97 Å². The molecule has 100 valence electrons. The van der Waals surface area contributed by atoms with Crippen LogP contribution in [-0.4, -0.2) is 22.5 Å². The first-order valence-corrected chi connectivity index (χ1v) is 7.11. The van der Waals surface area contributed by atoms with Gasteiger partial charge in [0.15, 0.2) is 0 Å². The molecular formula is C14H15IN2O2. The van der Waals surface area contributed by atoms with Gasteiger partial charge in [-0.3, -0.25) is 0 Å². The van der Waals surface area contributed by atoms with Crippen molar-refractivity contribution in [2.75, 3.05) is 6.61 Å². The van der Waals surface area contributed by atoms with Gasteiger partial charge in [0.2, 0.25) is 0 Å². The van der Waals surface area contributed by atoms with E-state index in [1.807, 2.05) is 12.1 Å². The van der Waals surface area contributed by atoms with Crippen molar-refractivity contribution < 1.29 is 9.53 Å². The number of ether oxygens (including phenoxy) is 1. The SMILES string of the molecule is C=C(C)C(=O)OCCCc1nc2ccc(I)cc2[nH]1. The van der Waals surface area contributed by atoms with Crippen LogP contribution in [-0.2, 0) is 16.0 Å². The number of aromatic nitrogens is 2. The van der Waals surface area contributed by atoms with Crippen LogP contribution in [0.5, 0.6) is 0 Å². The lowest BCUT2D eigenvalue weighted by molar-refractivity contribution is -0.139. The molecule has 19 heavy (non-hydrogen) atoms. The van der Waals surface area contributed by atoms with Crippen LogP contribution in [0.4, 0.5) is 0 Å². The van der Waals surface area contributed by atoms with E-state index in [0.29, 0.717) is 12.2 Å². The van der Waals surface area contributed by atoms with Gasteiger partial charge < -0.3 is 9.72 Å². The van der Waals surface area contributed by atoms with Gasteiger partial charge in [-0.2, -0.15) is 0 Å². The monoisotopic (exact) mass is 370 g/mol. The van der Waals surface area contributed by atoms with Crippen molar-refractivity contribution in [2.24, 2.45) is 0 Å². The van der Waals surface area contributed by atoms with E-state index >= 15 is 0 Å². The van der Waals surface area contributed by atoms with Crippen molar-refractivity contribution in [1.29, 1.82) is 0 Å². The zero-order valence-electron chi connectivity index (χ0n) is 10.7. The average molecular weight is 370 g/mol. The minimum atomic E-state index is -0.334. The van der Waals surface area contributed by atoms with Gasteiger partial charge >= 0.3 is 5.97 Å². The first kappa shape index (κ1) is 14.0. The van der Waals surface area contributed by atoms with E-state index in [1.165, 1.54) is 3.57 Å². The van der Waals surface area contributed by atoms with Crippen LogP contribution in [0.3, 0.4) is 0 Å². The summed E-state index contributed by atoms with van der Waals surface area (Å²) in [7, 11) is 0. The topological polar surface area (TPSA) is 55.0 Å². The molecular weight excluding hydrogens is 355 g/mol. The Labute approximate surface area is 125 Å². The number of carbonyl (C=O) groups is 1. The molecule has 1 aromatic heterocycles. The Morgan fingerprint density at radius 1 is 1.53 bits per heavy atom. The molecule has 0 fully saturated rings. The van der Waals surface area contributed by atoms with Crippen LogP contribution in [0.15, 0.2) is 30.4 Å². The molecule has 1 aromatic carbocycles. The Morgan fingerprint density at radius 2 is 2.32 bits per heavy atom. The Hall–Kier alpha value is -1.37. The third-order valence-electron chi connectivity index (χ3n) is 2.63. The van der Waals surface area contributed by atoms with E-state index in [-0.39, 0.29) is 5.97 Å². The number of halogens is 1. The predicted molar refractivity (Wildman–Crippen MR) is 82.9 cm³/mol. The summed E-state index contributed by atoms with van der Waals surface area (Å²) >= 11 is 2.27. The minimum Gasteiger partial charge on any atom is -0.462 e. The van der Waals surface area contributed by atoms with Crippen molar-refractivity contribution in [2.45, 2.75) is 19.8 Å². The van der Waals surface area contributed by atoms with Crippen LogP contribution in [0.1, 0.15) is 19.2 Å². The van der Waals surface area contributed by atoms with E-state index in [1.54, 1.807) is 6.92 Å². The lowest BCUT2D eigenvalue weighted by atomic mass is 10.3. The summed E-state index contributed by atoms with van der Waals surface area (Å²) in [6.07, 6.45) is 1.50. The van der Waals surface area contributed by atoms with Gasteiger partial charge in [0.1, 0.15) is 5.82 Å². The lowest BCUT2D eigenvalue weighted by Crippen LogP contribution is -2.07. The van der Waals surface area contributed by atoms with Crippen LogP contribution in [0.2, 0.25) is 0 Å². The first-order valence-electron chi connectivity index (χ1n) is 6.03. The number of hydrogen-bond acceptors (Lipinski definition) is 3. The molecule has 0 saturated heterocycles. The Balaban J connectivity index is 1.88. The lowest BCUT2D eigenvalue weighted by Gasteiger charge is -2.02. The van der Waals surface area contributed by atoms with Crippen LogP contribution in [0.25, 0.3) is 11.0 Å². The first-order chi connectivity index (χ1) is 9.06. The maximum atomic E-state index is 11.2. The summed E-state index contributed by atoms with van der Waals surface area (Å²) in [5.74, 6) is 0.586. The number of imidazole rings is 1. The second-order valence-corrected chi connectivity index (χ2v) is 5.61. The molecule has 1 heterocycles. The highest BCUT2D eigenvalue weighted by molar-refractivity contribution is 14.1. The number of H-pyrrole nitrogens is 1. The van der Waals surface area contributed by atoms with Gasteiger partial charge in [-0.05, 0) is 54.1 Å². The Morgan fingerprint density at radius 3 is 3.05 bits per heavy atom. The van der Waals surface area contributed by atoms with Gasteiger partial charge in [0.05, 0.1) is 17.6 Å². The highest BCUT2D eigenvalue weighted by Gasteiger charge is 2.05. The standard InChI is InChI=1S/C14H15IN2O2/c1-9(2)14(18)19-7-3-4-13-16-11-6-5-10(15)8-12(11)17-13/h5-6,8H,1,3-4,7H2,2H3,(H,16,17). The van der Waals surface area contributed by atoms with Crippen molar-refractivity contribution in [3.05, 3.63) is 39.7 Å². The van der Waals surface area contributed by atoms with Crippen molar-refractivity contribution >= 4 is 39.6 Å². The zero-order valence-corrected chi connectivity index (χ0v) is 12.9. The Kier molecular flexibility index (Phi) is 4.57. The average Bonchev–Trinajstić information content (AvgIpc) is 2.75. The second kappa shape index (κ2) is 6.18. The van der Waals surface area contributed by atoms with Crippen molar-refractivity contribution in [3.8, 4) is 0 Å². The van der Waals surface area contributed by atoms with Gasteiger partial charge in [-0.25, -0.2) is 9.78 Å². The summed E-state index contributed by atoms with van der Waals surface area (Å²) in [5.41, 5.74) is 2.44. The molecule has 0 bridgehead atoms. The molecule has 0 spiro atoms. The molecule has 0 unspecified atom stereocenters. The van der Waals surface area contributed by atoms with Gasteiger partial charge in [-0.1, -0.05) is 6.58 Å². The number of benzene rings is 1. The van der Waals surface area contributed by atoms with Crippen molar-refractivity contribution in [3.63, 3.8) is 0 Å². The number of aryl methyl sites for hydroxylation is 1. The molecule has 0 amide bonds. The van der Waals surface area contributed by atoms with E-state index in [4.69, 9.17) is 4.74 Å². The molecule has 2 aromatic rings.